The molecule has 4 aliphatic carbocycles. The smallest absolute Gasteiger partial charge is 0.354 e. The van der Waals surface area contributed by atoms with Crippen LogP contribution in [-0.4, -0.2) is 17.5 Å². The SMILES string of the molecule is CCC1(OC(=O)C(=O)[O-])C2CC3CC(C2)CC1C3. The van der Waals surface area contributed by atoms with E-state index in [9.17, 15) is 14.7 Å². The molecule has 0 spiro atoms. The van der Waals surface area contributed by atoms with E-state index in [1.807, 2.05) is 6.92 Å². The van der Waals surface area contributed by atoms with E-state index in [4.69, 9.17) is 4.74 Å². The summed E-state index contributed by atoms with van der Waals surface area (Å²) in [7, 11) is 0. The quantitative estimate of drug-likeness (QED) is 0.540. The molecule has 4 saturated carbocycles. The molecule has 100 valence electrons. The normalized spacial score (nSPS) is 44.9. The van der Waals surface area contributed by atoms with E-state index in [1.54, 1.807) is 0 Å². The van der Waals surface area contributed by atoms with Gasteiger partial charge in [-0.15, -0.1) is 0 Å². The van der Waals surface area contributed by atoms with Crippen LogP contribution in [-0.2, 0) is 14.3 Å². The number of hydrogen-bond donors (Lipinski definition) is 0. The van der Waals surface area contributed by atoms with Crippen LogP contribution in [0.25, 0.3) is 0 Å². The van der Waals surface area contributed by atoms with Gasteiger partial charge < -0.3 is 14.6 Å². The van der Waals surface area contributed by atoms with Crippen molar-refractivity contribution in [2.75, 3.05) is 0 Å². The Morgan fingerprint density at radius 3 is 2.00 bits per heavy atom. The lowest BCUT2D eigenvalue weighted by Gasteiger charge is -2.60. The minimum absolute atomic E-state index is 0.363. The maximum atomic E-state index is 11.4. The highest BCUT2D eigenvalue weighted by atomic mass is 16.6. The fourth-order valence-electron chi connectivity index (χ4n) is 5.01. The number of ether oxygens (including phenoxy) is 1. The van der Waals surface area contributed by atoms with Crippen molar-refractivity contribution in [2.24, 2.45) is 23.7 Å². The Bertz CT molecular complexity index is 359. The summed E-state index contributed by atoms with van der Waals surface area (Å²) in [4.78, 5) is 22.1. The second-order valence-corrected chi connectivity index (χ2v) is 6.29. The molecule has 0 aromatic carbocycles. The lowest BCUT2D eigenvalue weighted by atomic mass is 9.49. The predicted octanol–water partition coefficient (Wildman–Crippen LogP) is 0.884. The number of carbonyl (C=O) groups excluding carboxylic acids is 2. The molecule has 0 heterocycles. The number of hydrogen-bond acceptors (Lipinski definition) is 4. The highest BCUT2D eigenvalue weighted by Gasteiger charge is 2.58. The van der Waals surface area contributed by atoms with E-state index in [-0.39, 0.29) is 0 Å². The number of rotatable bonds is 2. The van der Waals surface area contributed by atoms with Gasteiger partial charge in [-0.05, 0) is 62.2 Å². The number of carboxylic acids is 1. The van der Waals surface area contributed by atoms with Crippen molar-refractivity contribution in [2.45, 2.75) is 51.0 Å². The minimum atomic E-state index is -1.71. The van der Waals surface area contributed by atoms with Gasteiger partial charge in [0.15, 0.2) is 5.97 Å². The fraction of sp³-hybridized carbons (Fsp3) is 0.857. The lowest BCUT2D eigenvalue weighted by molar-refractivity contribution is -0.308. The Kier molecular flexibility index (Phi) is 2.65. The van der Waals surface area contributed by atoms with Gasteiger partial charge >= 0.3 is 5.97 Å². The Morgan fingerprint density at radius 2 is 1.61 bits per heavy atom. The van der Waals surface area contributed by atoms with Crippen LogP contribution >= 0.6 is 0 Å². The summed E-state index contributed by atoms with van der Waals surface area (Å²) in [5.74, 6) is -0.618. The minimum Gasteiger partial charge on any atom is -0.539 e. The van der Waals surface area contributed by atoms with Crippen LogP contribution in [0.15, 0.2) is 0 Å². The second-order valence-electron chi connectivity index (χ2n) is 6.29. The van der Waals surface area contributed by atoms with Crippen molar-refractivity contribution in [3.8, 4) is 0 Å². The van der Waals surface area contributed by atoms with E-state index in [2.05, 4.69) is 0 Å². The van der Waals surface area contributed by atoms with Gasteiger partial charge in [-0.2, -0.15) is 0 Å². The first-order chi connectivity index (χ1) is 8.55. The maximum absolute atomic E-state index is 11.4. The van der Waals surface area contributed by atoms with E-state index < -0.39 is 17.5 Å². The summed E-state index contributed by atoms with van der Waals surface area (Å²) in [5.41, 5.74) is -0.523. The van der Waals surface area contributed by atoms with E-state index in [1.165, 1.54) is 6.42 Å². The average molecular weight is 251 g/mol. The molecule has 4 nitrogen and oxygen atoms in total. The molecule has 0 amide bonds. The molecule has 0 atom stereocenters. The molecule has 4 rings (SSSR count). The topological polar surface area (TPSA) is 66.4 Å². The second kappa shape index (κ2) is 3.97. The van der Waals surface area contributed by atoms with Crippen LogP contribution in [0.3, 0.4) is 0 Å². The van der Waals surface area contributed by atoms with Crippen molar-refractivity contribution >= 4 is 11.9 Å². The summed E-state index contributed by atoms with van der Waals surface area (Å²) in [6.45, 7) is 2.00. The van der Waals surface area contributed by atoms with Gasteiger partial charge in [0.1, 0.15) is 5.60 Å². The molecule has 0 aromatic heterocycles. The number of aliphatic carboxylic acids is 1. The van der Waals surface area contributed by atoms with Crippen LogP contribution in [0.4, 0.5) is 0 Å². The zero-order chi connectivity index (χ0) is 12.9. The van der Waals surface area contributed by atoms with Crippen LogP contribution in [0.1, 0.15) is 45.4 Å². The first-order valence-corrected chi connectivity index (χ1v) is 6.99. The summed E-state index contributed by atoms with van der Waals surface area (Å²) in [6, 6.07) is 0. The molecule has 18 heavy (non-hydrogen) atoms. The first-order valence-electron chi connectivity index (χ1n) is 6.99. The average Bonchev–Trinajstić information content (AvgIpc) is 2.32. The molecule has 0 saturated heterocycles. The molecule has 0 aliphatic heterocycles. The molecular weight excluding hydrogens is 232 g/mol. The van der Waals surface area contributed by atoms with Gasteiger partial charge in [-0.1, -0.05) is 6.92 Å². The molecule has 4 bridgehead atoms. The maximum Gasteiger partial charge on any atom is 0.354 e. The monoisotopic (exact) mass is 251 g/mol. The third kappa shape index (κ3) is 1.57. The largest absolute Gasteiger partial charge is 0.539 e. The van der Waals surface area contributed by atoms with Gasteiger partial charge in [0.05, 0.1) is 0 Å². The highest BCUT2D eigenvalue weighted by Crippen LogP contribution is 2.60. The van der Waals surface area contributed by atoms with Gasteiger partial charge in [-0.3, -0.25) is 0 Å². The summed E-state index contributed by atoms with van der Waals surface area (Å²) in [5, 5.41) is 10.6. The van der Waals surface area contributed by atoms with Gasteiger partial charge in [-0.25, -0.2) is 4.79 Å². The zero-order valence-corrected chi connectivity index (χ0v) is 10.7. The van der Waals surface area contributed by atoms with Crippen LogP contribution in [0.5, 0.6) is 0 Å². The summed E-state index contributed by atoms with van der Waals surface area (Å²) in [6.07, 6.45) is 6.44. The van der Waals surface area contributed by atoms with Crippen LogP contribution in [0.2, 0.25) is 0 Å². The van der Waals surface area contributed by atoms with Crippen LogP contribution in [0, 0.1) is 23.7 Å². The van der Waals surface area contributed by atoms with Gasteiger partial charge in [0.25, 0.3) is 0 Å². The summed E-state index contributed by atoms with van der Waals surface area (Å²) >= 11 is 0. The van der Waals surface area contributed by atoms with Gasteiger partial charge in [0.2, 0.25) is 0 Å². The Hall–Kier alpha value is -1.06. The number of carboxylic acid groups (broad SMARTS) is 1. The Morgan fingerprint density at radius 1 is 1.11 bits per heavy atom. The van der Waals surface area contributed by atoms with Crippen molar-refractivity contribution < 1.29 is 19.4 Å². The van der Waals surface area contributed by atoms with E-state index >= 15 is 0 Å². The molecular formula is C14H19O4-. The first kappa shape index (κ1) is 12.0. The molecule has 0 unspecified atom stereocenters. The molecule has 0 aromatic rings. The predicted molar refractivity (Wildman–Crippen MR) is 61.2 cm³/mol. The zero-order valence-electron chi connectivity index (χ0n) is 10.7. The lowest BCUT2D eigenvalue weighted by Crippen LogP contribution is -2.60. The third-order valence-corrected chi connectivity index (χ3v) is 5.52. The molecule has 4 fully saturated rings. The summed E-state index contributed by atoms with van der Waals surface area (Å²) < 4.78 is 5.42. The molecule has 0 radical (unpaired) electrons. The van der Waals surface area contributed by atoms with Crippen molar-refractivity contribution in [3.63, 3.8) is 0 Å². The highest BCUT2D eigenvalue weighted by molar-refractivity contribution is 6.27. The number of carbonyl (C=O) groups is 2. The molecule has 4 heteroatoms. The molecule has 0 N–H and O–H groups in total. The Balaban J connectivity index is 1.87. The van der Waals surface area contributed by atoms with Crippen molar-refractivity contribution in [1.29, 1.82) is 0 Å². The third-order valence-electron chi connectivity index (χ3n) is 5.52. The molecule has 4 aliphatic rings. The standard InChI is InChI=1S/C14H20O4/c1-2-14(18-13(17)12(15)16)10-4-8-3-9(6-10)7-11(14)5-8/h8-11H,2-7H2,1H3,(H,15,16)/p-1. The number of esters is 1. The van der Waals surface area contributed by atoms with Crippen LogP contribution < -0.4 is 5.11 Å². The van der Waals surface area contributed by atoms with E-state index in [0.29, 0.717) is 11.8 Å². The van der Waals surface area contributed by atoms with Crippen molar-refractivity contribution in [3.05, 3.63) is 0 Å². The van der Waals surface area contributed by atoms with E-state index in [0.717, 1.165) is 43.9 Å². The Labute approximate surface area is 107 Å². The fourth-order valence-corrected chi connectivity index (χ4v) is 5.01. The van der Waals surface area contributed by atoms with Crippen molar-refractivity contribution in [1.82, 2.24) is 0 Å². The van der Waals surface area contributed by atoms with Gasteiger partial charge in [0, 0.05) is 0 Å².